The molecule has 2 heteroatoms. The molecule has 2 saturated carbocycles. The second-order valence-electron chi connectivity index (χ2n) is 9.72. The minimum Gasteiger partial charge on any atom is -0.508 e. The van der Waals surface area contributed by atoms with Gasteiger partial charge in [0.05, 0.1) is 0 Å². The molecule has 1 spiro atoms. The lowest BCUT2D eigenvalue weighted by atomic mass is 9.51. The highest BCUT2D eigenvalue weighted by atomic mass is 16.3. The summed E-state index contributed by atoms with van der Waals surface area (Å²) in [4.78, 5) is 0. The summed E-state index contributed by atoms with van der Waals surface area (Å²) >= 11 is 0. The molecule has 2 fully saturated rings. The van der Waals surface area contributed by atoms with E-state index in [0.717, 1.165) is 35.7 Å². The first-order chi connectivity index (χ1) is 13.1. The Bertz CT molecular complexity index is 679. The highest BCUT2D eigenvalue weighted by Crippen LogP contribution is 2.57. The Morgan fingerprint density at radius 1 is 1.07 bits per heavy atom. The molecule has 2 nitrogen and oxygen atoms in total. The Kier molecular flexibility index (Phi) is 5.64. The summed E-state index contributed by atoms with van der Waals surface area (Å²) in [5.74, 6) is 3.63. The van der Waals surface area contributed by atoms with Crippen LogP contribution in [-0.2, 0) is 12.8 Å². The van der Waals surface area contributed by atoms with Gasteiger partial charge in [0.15, 0.2) is 0 Å². The quantitative estimate of drug-likeness (QED) is 0.673. The predicted octanol–water partition coefficient (Wildman–Crippen LogP) is 5.66. The molecule has 148 valence electrons. The van der Waals surface area contributed by atoms with Crippen molar-refractivity contribution in [3.63, 3.8) is 0 Å². The molecule has 4 rings (SSSR count). The van der Waals surface area contributed by atoms with Gasteiger partial charge in [-0.2, -0.15) is 0 Å². The zero-order valence-corrected chi connectivity index (χ0v) is 16.9. The number of phenolic OH excluding ortho intramolecular Hbond substituents is 1. The molecular weight excluding hydrogens is 332 g/mol. The van der Waals surface area contributed by atoms with Crippen molar-refractivity contribution in [3.8, 4) is 5.75 Å². The van der Waals surface area contributed by atoms with Gasteiger partial charge >= 0.3 is 0 Å². The summed E-state index contributed by atoms with van der Waals surface area (Å²) in [6.45, 7) is 2.58. The van der Waals surface area contributed by atoms with Crippen LogP contribution in [0.15, 0.2) is 30.4 Å². The van der Waals surface area contributed by atoms with Crippen LogP contribution in [0.2, 0.25) is 0 Å². The van der Waals surface area contributed by atoms with Crippen molar-refractivity contribution in [2.24, 2.45) is 29.1 Å². The van der Waals surface area contributed by atoms with Crippen molar-refractivity contribution in [3.05, 3.63) is 41.5 Å². The third kappa shape index (κ3) is 3.97. The third-order valence-electron chi connectivity index (χ3n) is 7.78. The molecule has 5 atom stereocenters. The van der Waals surface area contributed by atoms with Crippen LogP contribution in [0.5, 0.6) is 5.75 Å². The molecule has 0 aromatic heterocycles. The lowest BCUT2D eigenvalue weighted by molar-refractivity contribution is -0.00558. The smallest absolute Gasteiger partial charge is 0.116 e. The molecule has 0 amide bonds. The number of allylic oxidation sites excluding steroid dienone is 2. The van der Waals surface area contributed by atoms with Crippen molar-refractivity contribution in [2.45, 2.75) is 71.1 Å². The largest absolute Gasteiger partial charge is 0.508 e. The van der Waals surface area contributed by atoms with E-state index in [1.165, 1.54) is 56.9 Å². The standard InChI is InChI=1S/C25H36O2/c1-18-5-3-10-25(17-18)11-4-7-23-21(6-2-8-24(23)25)14-20-13-19(9-12-26)15-22(27)16-20/h3,10,13,15-16,18,21,23-24,26-27H,2,4-9,11-12,14,17H2,1H3. The normalized spacial score (nSPS) is 35.9. The highest BCUT2D eigenvalue weighted by molar-refractivity contribution is 5.34. The number of aromatic hydroxyl groups is 1. The average Bonchev–Trinajstić information content (AvgIpc) is 2.62. The van der Waals surface area contributed by atoms with Gasteiger partial charge < -0.3 is 10.2 Å². The van der Waals surface area contributed by atoms with E-state index in [1.54, 1.807) is 6.07 Å². The number of hydrogen-bond acceptors (Lipinski definition) is 2. The Labute approximate surface area is 164 Å². The average molecular weight is 369 g/mol. The van der Waals surface area contributed by atoms with Crippen LogP contribution in [0.1, 0.15) is 69.4 Å². The Morgan fingerprint density at radius 2 is 1.93 bits per heavy atom. The lowest BCUT2D eigenvalue weighted by Gasteiger charge is -2.54. The Hall–Kier alpha value is -1.28. The second-order valence-corrected chi connectivity index (χ2v) is 9.72. The molecule has 27 heavy (non-hydrogen) atoms. The van der Waals surface area contributed by atoms with Crippen molar-refractivity contribution in [2.75, 3.05) is 6.61 Å². The molecule has 0 saturated heterocycles. The molecule has 3 aliphatic carbocycles. The number of fused-ring (bicyclic) bond motifs is 2. The monoisotopic (exact) mass is 368 g/mol. The van der Waals surface area contributed by atoms with Crippen LogP contribution < -0.4 is 0 Å². The van der Waals surface area contributed by atoms with Crippen LogP contribution in [-0.4, -0.2) is 16.8 Å². The minimum absolute atomic E-state index is 0.143. The third-order valence-corrected chi connectivity index (χ3v) is 7.78. The molecule has 0 radical (unpaired) electrons. The first-order valence-electron chi connectivity index (χ1n) is 11.2. The summed E-state index contributed by atoms with van der Waals surface area (Å²) in [5.41, 5.74) is 2.79. The number of rotatable bonds is 4. The number of aliphatic hydroxyl groups excluding tert-OH is 1. The lowest BCUT2D eigenvalue weighted by Crippen LogP contribution is -2.45. The van der Waals surface area contributed by atoms with E-state index >= 15 is 0 Å². The summed E-state index contributed by atoms with van der Waals surface area (Å²) in [6.07, 6.45) is 17.8. The maximum atomic E-state index is 10.1. The fraction of sp³-hybridized carbons (Fsp3) is 0.680. The molecule has 2 N–H and O–H groups in total. The van der Waals surface area contributed by atoms with Gasteiger partial charge in [-0.25, -0.2) is 0 Å². The van der Waals surface area contributed by atoms with Crippen molar-refractivity contribution in [1.29, 1.82) is 0 Å². The number of phenols is 1. The van der Waals surface area contributed by atoms with Gasteiger partial charge in [-0.15, -0.1) is 0 Å². The van der Waals surface area contributed by atoms with Gasteiger partial charge in [-0.3, -0.25) is 0 Å². The molecule has 0 heterocycles. The van der Waals surface area contributed by atoms with Crippen molar-refractivity contribution >= 4 is 0 Å². The second kappa shape index (κ2) is 7.99. The topological polar surface area (TPSA) is 40.5 Å². The molecule has 3 aliphatic rings. The fourth-order valence-corrected chi connectivity index (χ4v) is 6.85. The summed E-state index contributed by atoms with van der Waals surface area (Å²) in [7, 11) is 0. The predicted molar refractivity (Wildman–Crippen MR) is 111 cm³/mol. The minimum atomic E-state index is 0.143. The van der Waals surface area contributed by atoms with E-state index < -0.39 is 0 Å². The highest BCUT2D eigenvalue weighted by Gasteiger charge is 2.48. The van der Waals surface area contributed by atoms with Crippen LogP contribution >= 0.6 is 0 Å². The van der Waals surface area contributed by atoms with Crippen LogP contribution in [0.25, 0.3) is 0 Å². The number of hydrogen-bond donors (Lipinski definition) is 2. The SMILES string of the molecule is CC1CC=CC2(CCCC3C(Cc4cc(O)cc(CCO)c4)CCCC32)C1. The fourth-order valence-electron chi connectivity index (χ4n) is 6.85. The van der Waals surface area contributed by atoms with Gasteiger partial charge in [0.2, 0.25) is 0 Å². The molecule has 0 bridgehead atoms. The van der Waals surface area contributed by atoms with E-state index in [4.69, 9.17) is 0 Å². The number of benzene rings is 1. The maximum absolute atomic E-state index is 10.1. The maximum Gasteiger partial charge on any atom is 0.116 e. The number of aliphatic hydroxyl groups is 1. The van der Waals surface area contributed by atoms with E-state index in [2.05, 4.69) is 25.1 Å². The molecule has 1 aromatic carbocycles. The van der Waals surface area contributed by atoms with Gasteiger partial charge in [0.25, 0.3) is 0 Å². The van der Waals surface area contributed by atoms with E-state index in [1.807, 2.05) is 6.07 Å². The van der Waals surface area contributed by atoms with Gasteiger partial charge in [-0.1, -0.05) is 38.0 Å². The first-order valence-corrected chi connectivity index (χ1v) is 11.2. The van der Waals surface area contributed by atoms with Gasteiger partial charge in [-0.05, 0) is 104 Å². The van der Waals surface area contributed by atoms with Crippen LogP contribution in [0.4, 0.5) is 0 Å². The molecule has 1 aromatic rings. The zero-order chi connectivity index (χ0) is 18.9. The van der Waals surface area contributed by atoms with E-state index in [-0.39, 0.29) is 6.61 Å². The molecular formula is C25H36O2. The molecule has 0 aliphatic heterocycles. The van der Waals surface area contributed by atoms with Crippen molar-refractivity contribution < 1.29 is 10.2 Å². The Morgan fingerprint density at radius 3 is 2.74 bits per heavy atom. The summed E-state index contributed by atoms with van der Waals surface area (Å²) < 4.78 is 0. The van der Waals surface area contributed by atoms with Crippen molar-refractivity contribution in [1.82, 2.24) is 0 Å². The van der Waals surface area contributed by atoms with Crippen LogP contribution in [0.3, 0.4) is 0 Å². The molecule has 5 unspecified atom stereocenters. The summed E-state index contributed by atoms with van der Waals surface area (Å²) in [6, 6.07) is 5.96. The zero-order valence-electron chi connectivity index (χ0n) is 16.9. The van der Waals surface area contributed by atoms with Gasteiger partial charge in [0.1, 0.15) is 5.75 Å². The van der Waals surface area contributed by atoms with Gasteiger partial charge in [0, 0.05) is 6.61 Å². The van der Waals surface area contributed by atoms with E-state index in [9.17, 15) is 10.2 Å². The van der Waals surface area contributed by atoms with E-state index in [0.29, 0.717) is 17.6 Å². The van der Waals surface area contributed by atoms with Crippen LogP contribution in [0, 0.1) is 29.1 Å². The first kappa shape index (κ1) is 19.1. The Balaban J connectivity index is 1.55. The summed E-state index contributed by atoms with van der Waals surface area (Å²) in [5, 5.41) is 19.4.